The molecular weight excluding hydrogens is 314 g/mol. The maximum absolute atomic E-state index is 14.1. The van der Waals surface area contributed by atoms with Crippen molar-refractivity contribution < 1.29 is 18.4 Å². The number of carbonyl (C=O) groups is 2. The van der Waals surface area contributed by atoms with Crippen LogP contribution in [0.15, 0.2) is 42.5 Å². The molecule has 2 aromatic rings. The van der Waals surface area contributed by atoms with E-state index >= 15 is 0 Å². The van der Waals surface area contributed by atoms with Gasteiger partial charge in [-0.15, -0.1) is 0 Å². The molecule has 124 valence electrons. The summed E-state index contributed by atoms with van der Waals surface area (Å²) in [5.41, 5.74) is 0.0106. The monoisotopic (exact) mass is 330 g/mol. The number of urea groups is 1. The highest BCUT2D eigenvalue weighted by Crippen LogP contribution is 2.32. The van der Waals surface area contributed by atoms with Gasteiger partial charge in [-0.1, -0.05) is 29.8 Å². The minimum Gasteiger partial charge on any atom is -0.319 e. The predicted octanol–water partition coefficient (Wildman–Crippen LogP) is 3.24. The second-order valence-corrected chi connectivity index (χ2v) is 6.06. The molecule has 0 aromatic heterocycles. The molecule has 1 aliphatic rings. The lowest BCUT2D eigenvalue weighted by Crippen LogP contribution is -2.41. The van der Waals surface area contributed by atoms with Crippen molar-refractivity contribution in [2.45, 2.75) is 25.9 Å². The molecule has 0 aliphatic carbocycles. The second-order valence-electron chi connectivity index (χ2n) is 6.06. The number of hydrogen-bond acceptors (Lipinski definition) is 2. The highest BCUT2D eigenvalue weighted by atomic mass is 19.1. The first-order valence-corrected chi connectivity index (χ1v) is 7.46. The summed E-state index contributed by atoms with van der Waals surface area (Å²) >= 11 is 0. The maximum atomic E-state index is 14.1. The molecule has 3 rings (SSSR count). The summed E-state index contributed by atoms with van der Waals surface area (Å²) in [5.74, 6) is -2.03. The Bertz CT molecular complexity index is 820. The largest absolute Gasteiger partial charge is 0.325 e. The van der Waals surface area contributed by atoms with E-state index in [-0.39, 0.29) is 12.1 Å². The minimum absolute atomic E-state index is 0.0669. The molecule has 1 N–H and O–H groups in total. The van der Waals surface area contributed by atoms with Crippen LogP contribution in [0.5, 0.6) is 0 Å². The highest BCUT2D eigenvalue weighted by Gasteiger charge is 2.50. The van der Waals surface area contributed by atoms with Crippen LogP contribution in [-0.4, -0.2) is 16.8 Å². The number of hydrogen-bond donors (Lipinski definition) is 1. The number of aryl methyl sites for hydroxylation is 1. The normalized spacial score (nSPS) is 20.4. The molecule has 0 spiro atoms. The molecule has 1 heterocycles. The van der Waals surface area contributed by atoms with Gasteiger partial charge < -0.3 is 5.32 Å². The Morgan fingerprint density at radius 2 is 1.75 bits per heavy atom. The lowest BCUT2D eigenvalue weighted by Gasteiger charge is -2.23. The number of imide groups is 1. The highest BCUT2D eigenvalue weighted by molar-refractivity contribution is 6.07. The first-order chi connectivity index (χ1) is 11.3. The van der Waals surface area contributed by atoms with E-state index in [4.69, 9.17) is 0 Å². The number of halogens is 2. The van der Waals surface area contributed by atoms with Crippen molar-refractivity contribution in [2.75, 3.05) is 0 Å². The lowest BCUT2D eigenvalue weighted by molar-refractivity contribution is -0.131. The third-order valence-electron chi connectivity index (χ3n) is 4.20. The predicted molar refractivity (Wildman–Crippen MR) is 84.0 cm³/mol. The second kappa shape index (κ2) is 5.70. The smallest absolute Gasteiger partial charge is 0.319 e. The van der Waals surface area contributed by atoms with Gasteiger partial charge in [0, 0.05) is 5.56 Å². The number of nitrogens with zero attached hydrogens (tertiary/aromatic N) is 1. The summed E-state index contributed by atoms with van der Waals surface area (Å²) in [6.45, 7) is 3.37. The van der Waals surface area contributed by atoms with Crippen LogP contribution in [0.1, 0.15) is 23.6 Å². The Kier molecular flexibility index (Phi) is 3.83. The van der Waals surface area contributed by atoms with E-state index in [1.165, 1.54) is 6.92 Å². The average molecular weight is 330 g/mol. The van der Waals surface area contributed by atoms with Crippen molar-refractivity contribution in [3.8, 4) is 0 Å². The molecule has 0 radical (unpaired) electrons. The van der Waals surface area contributed by atoms with Crippen LogP contribution >= 0.6 is 0 Å². The van der Waals surface area contributed by atoms with Gasteiger partial charge in [0.25, 0.3) is 5.91 Å². The van der Waals surface area contributed by atoms with Crippen molar-refractivity contribution in [3.05, 3.63) is 70.8 Å². The van der Waals surface area contributed by atoms with Gasteiger partial charge in [-0.3, -0.25) is 9.69 Å². The number of rotatable bonds is 3. The molecule has 1 unspecified atom stereocenters. The van der Waals surface area contributed by atoms with E-state index in [1.807, 2.05) is 31.2 Å². The Labute approximate surface area is 138 Å². The molecular formula is C18H16F2N2O2. The fourth-order valence-electron chi connectivity index (χ4n) is 2.78. The fraction of sp³-hybridized carbons (Fsp3) is 0.222. The van der Waals surface area contributed by atoms with Crippen molar-refractivity contribution >= 4 is 11.9 Å². The third kappa shape index (κ3) is 2.64. The quantitative estimate of drug-likeness (QED) is 0.879. The summed E-state index contributed by atoms with van der Waals surface area (Å²) < 4.78 is 27.5. The van der Waals surface area contributed by atoms with Crippen LogP contribution in [0.3, 0.4) is 0 Å². The Morgan fingerprint density at radius 3 is 2.42 bits per heavy atom. The molecule has 2 aromatic carbocycles. The van der Waals surface area contributed by atoms with Gasteiger partial charge in [-0.05, 0) is 37.6 Å². The van der Waals surface area contributed by atoms with E-state index in [0.29, 0.717) is 0 Å². The molecule has 0 saturated carbocycles. The topological polar surface area (TPSA) is 49.4 Å². The van der Waals surface area contributed by atoms with Crippen LogP contribution in [0, 0.1) is 18.6 Å². The summed E-state index contributed by atoms with van der Waals surface area (Å²) in [6, 6.07) is 9.59. The number of benzene rings is 2. The van der Waals surface area contributed by atoms with E-state index in [1.54, 1.807) is 0 Å². The zero-order valence-corrected chi connectivity index (χ0v) is 13.3. The Morgan fingerprint density at radius 1 is 1.08 bits per heavy atom. The number of amides is 3. The molecule has 1 saturated heterocycles. The molecule has 0 bridgehead atoms. The van der Waals surface area contributed by atoms with E-state index in [2.05, 4.69) is 5.32 Å². The standard InChI is InChI=1S/C18H16F2N2O2/c1-11-3-5-12(6-4-11)10-22-16(23)18(2,21-17(22)24)14-9-13(19)7-8-15(14)20/h3-9H,10H2,1-2H3,(H,21,24). The van der Waals surface area contributed by atoms with Crippen molar-refractivity contribution in [1.29, 1.82) is 0 Å². The Balaban J connectivity index is 1.93. The first-order valence-electron chi connectivity index (χ1n) is 7.46. The van der Waals surface area contributed by atoms with E-state index in [0.717, 1.165) is 34.2 Å². The summed E-state index contributed by atoms with van der Waals surface area (Å²) in [6.07, 6.45) is 0. The summed E-state index contributed by atoms with van der Waals surface area (Å²) in [7, 11) is 0. The first kappa shape index (κ1) is 16.1. The molecule has 1 fully saturated rings. The van der Waals surface area contributed by atoms with Gasteiger partial charge in [0.2, 0.25) is 0 Å². The van der Waals surface area contributed by atoms with E-state index in [9.17, 15) is 18.4 Å². The number of nitrogens with one attached hydrogen (secondary N) is 1. The molecule has 1 aliphatic heterocycles. The molecule has 1 atom stereocenters. The van der Waals surface area contributed by atoms with E-state index < -0.39 is 29.1 Å². The van der Waals surface area contributed by atoms with Gasteiger partial charge in [-0.2, -0.15) is 0 Å². The SMILES string of the molecule is Cc1ccc(CN2C(=O)NC(C)(c3cc(F)ccc3F)C2=O)cc1. The minimum atomic E-state index is -1.63. The zero-order chi connectivity index (χ0) is 17.5. The summed E-state index contributed by atoms with van der Waals surface area (Å²) in [5, 5.41) is 2.48. The van der Waals surface area contributed by atoms with Gasteiger partial charge in [0.15, 0.2) is 0 Å². The Hall–Kier alpha value is -2.76. The third-order valence-corrected chi connectivity index (χ3v) is 4.20. The fourth-order valence-corrected chi connectivity index (χ4v) is 2.78. The van der Waals surface area contributed by atoms with Gasteiger partial charge in [0.1, 0.15) is 17.2 Å². The lowest BCUT2D eigenvalue weighted by atomic mass is 9.91. The van der Waals surface area contributed by atoms with Crippen LogP contribution in [0.25, 0.3) is 0 Å². The maximum Gasteiger partial charge on any atom is 0.325 e. The zero-order valence-electron chi connectivity index (χ0n) is 13.3. The average Bonchev–Trinajstić information content (AvgIpc) is 2.76. The molecule has 3 amide bonds. The number of carbonyl (C=O) groups excluding carboxylic acids is 2. The van der Waals surface area contributed by atoms with Crippen molar-refractivity contribution in [2.24, 2.45) is 0 Å². The molecule has 24 heavy (non-hydrogen) atoms. The van der Waals surface area contributed by atoms with Crippen LogP contribution in [0.4, 0.5) is 13.6 Å². The summed E-state index contributed by atoms with van der Waals surface area (Å²) in [4.78, 5) is 26.0. The van der Waals surface area contributed by atoms with Crippen molar-refractivity contribution in [3.63, 3.8) is 0 Å². The van der Waals surface area contributed by atoms with Crippen molar-refractivity contribution in [1.82, 2.24) is 10.2 Å². The van der Waals surface area contributed by atoms with Gasteiger partial charge >= 0.3 is 6.03 Å². The van der Waals surface area contributed by atoms with Gasteiger partial charge in [0.05, 0.1) is 6.54 Å². The van der Waals surface area contributed by atoms with Crippen LogP contribution in [0.2, 0.25) is 0 Å². The molecule has 4 nitrogen and oxygen atoms in total. The van der Waals surface area contributed by atoms with Crippen LogP contribution < -0.4 is 5.32 Å². The van der Waals surface area contributed by atoms with Gasteiger partial charge in [-0.25, -0.2) is 13.6 Å². The molecule has 6 heteroatoms. The van der Waals surface area contributed by atoms with Crippen LogP contribution in [-0.2, 0) is 16.9 Å².